The summed E-state index contributed by atoms with van der Waals surface area (Å²) in [4.78, 5) is 0. The summed E-state index contributed by atoms with van der Waals surface area (Å²) in [6, 6.07) is 6.27. The molecule has 0 bridgehead atoms. The van der Waals surface area contributed by atoms with Crippen LogP contribution in [-0.2, 0) is 5.60 Å². The van der Waals surface area contributed by atoms with Crippen molar-refractivity contribution in [1.29, 1.82) is 0 Å². The van der Waals surface area contributed by atoms with Crippen molar-refractivity contribution in [3.63, 3.8) is 0 Å². The van der Waals surface area contributed by atoms with Crippen molar-refractivity contribution in [2.45, 2.75) is 25.9 Å². The number of hydrogen-bond donors (Lipinski definition) is 2. The second-order valence-corrected chi connectivity index (χ2v) is 4.28. The summed E-state index contributed by atoms with van der Waals surface area (Å²) in [5.74, 6) is 0. The molecule has 84 valence electrons. The van der Waals surface area contributed by atoms with E-state index in [2.05, 4.69) is 37.4 Å². The summed E-state index contributed by atoms with van der Waals surface area (Å²) in [5.41, 5.74) is 2.84. The molecule has 1 aromatic rings. The van der Waals surface area contributed by atoms with E-state index in [-0.39, 0.29) is 12.4 Å². The Morgan fingerprint density at radius 2 is 2.07 bits per heavy atom. The van der Waals surface area contributed by atoms with Crippen LogP contribution in [0.1, 0.15) is 23.1 Å². The average Bonchev–Trinajstić information content (AvgIpc) is 2.58. The highest BCUT2D eigenvalue weighted by atomic mass is 35.5. The zero-order valence-corrected chi connectivity index (χ0v) is 10.0. The first-order valence-electron chi connectivity index (χ1n) is 5.13. The minimum atomic E-state index is -0.643. The SMILES string of the molecule is Cc1ccc(C)c(C2(O)CCNC2)c1.Cl. The lowest BCUT2D eigenvalue weighted by atomic mass is 9.88. The number of β-amino-alcohol motifs (C(OH)–C–C–N with tert-alkyl or cyclic N) is 1. The van der Waals surface area contributed by atoms with E-state index in [1.807, 2.05) is 0 Å². The number of hydrogen-bond acceptors (Lipinski definition) is 2. The Balaban J connectivity index is 0.00000112. The van der Waals surface area contributed by atoms with Crippen LogP contribution in [0.5, 0.6) is 0 Å². The molecule has 1 saturated heterocycles. The van der Waals surface area contributed by atoms with Crippen molar-refractivity contribution in [2.24, 2.45) is 0 Å². The van der Waals surface area contributed by atoms with Crippen LogP contribution in [0.15, 0.2) is 18.2 Å². The van der Waals surface area contributed by atoms with E-state index in [0.29, 0.717) is 6.54 Å². The van der Waals surface area contributed by atoms with E-state index in [0.717, 1.165) is 18.5 Å². The van der Waals surface area contributed by atoms with E-state index in [9.17, 15) is 5.11 Å². The van der Waals surface area contributed by atoms with Crippen LogP contribution < -0.4 is 5.32 Å². The molecule has 0 aromatic heterocycles. The molecule has 0 spiro atoms. The minimum Gasteiger partial charge on any atom is -0.384 e. The molecule has 1 atom stereocenters. The Labute approximate surface area is 97.1 Å². The smallest absolute Gasteiger partial charge is 0.103 e. The van der Waals surface area contributed by atoms with Crippen molar-refractivity contribution in [3.05, 3.63) is 34.9 Å². The van der Waals surface area contributed by atoms with E-state index in [1.54, 1.807) is 0 Å². The highest BCUT2D eigenvalue weighted by Crippen LogP contribution is 2.30. The zero-order chi connectivity index (χ0) is 10.2. The predicted octanol–water partition coefficient (Wildman–Crippen LogP) is 1.91. The largest absolute Gasteiger partial charge is 0.384 e. The summed E-state index contributed by atoms with van der Waals surface area (Å²) < 4.78 is 0. The van der Waals surface area contributed by atoms with Crippen molar-refractivity contribution >= 4 is 12.4 Å². The third kappa shape index (κ3) is 2.33. The van der Waals surface area contributed by atoms with Crippen LogP contribution in [-0.4, -0.2) is 18.2 Å². The predicted molar refractivity (Wildman–Crippen MR) is 64.5 cm³/mol. The Morgan fingerprint density at radius 1 is 1.33 bits per heavy atom. The molecule has 2 nitrogen and oxygen atoms in total. The van der Waals surface area contributed by atoms with Gasteiger partial charge in [-0.05, 0) is 37.9 Å². The van der Waals surface area contributed by atoms with Crippen LogP contribution in [0.25, 0.3) is 0 Å². The molecule has 1 heterocycles. The molecular formula is C12H18ClNO. The molecule has 1 unspecified atom stereocenters. The first-order valence-corrected chi connectivity index (χ1v) is 5.13. The maximum absolute atomic E-state index is 10.4. The van der Waals surface area contributed by atoms with Gasteiger partial charge in [-0.25, -0.2) is 0 Å². The fraction of sp³-hybridized carbons (Fsp3) is 0.500. The van der Waals surface area contributed by atoms with Gasteiger partial charge in [-0.1, -0.05) is 23.8 Å². The Morgan fingerprint density at radius 3 is 2.67 bits per heavy atom. The molecule has 2 rings (SSSR count). The van der Waals surface area contributed by atoms with Gasteiger partial charge in [-0.2, -0.15) is 0 Å². The molecule has 15 heavy (non-hydrogen) atoms. The lowest BCUT2D eigenvalue weighted by Gasteiger charge is -2.24. The number of aryl methyl sites for hydroxylation is 2. The van der Waals surface area contributed by atoms with Gasteiger partial charge in [-0.15, -0.1) is 12.4 Å². The maximum atomic E-state index is 10.4. The zero-order valence-electron chi connectivity index (χ0n) is 9.21. The molecule has 1 fully saturated rings. The lowest BCUT2D eigenvalue weighted by Crippen LogP contribution is -2.29. The van der Waals surface area contributed by atoms with Crippen molar-refractivity contribution < 1.29 is 5.11 Å². The van der Waals surface area contributed by atoms with Crippen LogP contribution in [0.3, 0.4) is 0 Å². The second-order valence-electron chi connectivity index (χ2n) is 4.28. The van der Waals surface area contributed by atoms with E-state index in [4.69, 9.17) is 0 Å². The Kier molecular flexibility index (Phi) is 3.77. The summed E-state index contributed by atoms with van der Waals surface area (Å²) in [6.45, 7) is 5.71. The second kappa shape index (κ2) is 4.52. The van der Waals surface area contributed by atoms with E-state index >= 15 is 0 Å². The van der Waals surface area contributed by atoms with Gasteiger partial charge in [0, 0.05) is 6.54 Å². The maximum Gasteiger partial charge on any atom is 0.103 e. The van der Waals surface area contributed by atoms with Crippen LogP contribution in [0.4, 0.5) is 0 Å². The van der Waals surface area contributed by atoms with Crippen LogP contribution in [0.2, 0.25) is 0 Å². The fourth-order valence-electron chi connectivity index (χ4n) is 2.15. The quantitative estimate of drug-likeness (QED) is 0.768. The lowest BCUT2D eigenvalue weighted by molar-refractivity contribution is 0.0580. The molecule has 0 radical (unpaired) electrons. The van der Waals surface area contributed by atoms with Crippen molar-refractivity contribution in [1.82, 2.24) is 5.32 Å². The highest BCUT2D eigenvalue weighted by molar-refractivity contribution is 5.85. The van der Waals surface area contributed by atoms with Crippen LogP contribution in [0, 0.1) is 13.8 Å². The topological polar surface area (TPSA) is 32.3 Å². The first-order chi connectivity index (χ1) is 6.62. The van der Waals surface area contributed by atoms with Crippen LogP contribution >= 0.6 is 12.4 Å². The number of halogens is 1. The number of nitrogens with one attached hydrogen (secondary N) is 1. The summed E-state index contributed by atoms with van der Waals surface area (Å²) in [7, 11) is 0. The number of benzene rings is 1. The van der Waals surface area contributed by atoms with Gasteiger partial charge in [0.1, 0.15) is 5.60 Å². The fourth-order valence-corrected chi connectivity index (χ4v) is 2.15. The normalized spacial score (nSPS) is 25.0. The molecule has 0 aliphatic carbocycles. The molecule has 3 heteroatoms. The molecule has 0 amide bonds. The molecular weight excluding hydrogens is 210 g/mol. The minimum absolute atomic E-state index is 0. The van der Waals surface area contributed by atoms with Gasteiger partial charge in [0.2, 0.25) is 0 Å². The Bertz CT molecular complexity index is 345. The standard InChI is InChI=1S/C12H17NO.ClH/c1-9-3-4-10(2)11(7-9)12(14)5-6-13-8-12;/h3-4,7,13-14H,5-6,8H2,1-2H3;1H. The Hall–Kier alpha value is -0.570. The molecule has 1 aromatic carbocycles. The molecule has 1 aliphatic heterocycles. The van der Waals surface area contributed by atoms with Gasteiger partial charge in [0.15, 0.2) is 0 Å². The third-order valence-electron chi connectivity index (χ3n) is 3.03. The van der Waals surface area contributed by atoms with Gasteiger partial charge in [0.25, 0.3) is 0 Å². The third-order valence-corrected chi connectivity index (χ3v) is 3.03. The monoisotopic (exact) mass is 227 g/mol. The van der Waals surface area contributed by atoms with Gasteiger partial charge >= 0.3 is 0 Å². The van der Waals surface area contributed by atoms with Gasteiger partial charge in [-0.3, -0.25) is 0 Å². The van der Waals surface area contributed by atoms with E-state index in [1.165, 1.54) is 11.1 Å². The average molecular weight is 228 g/mol. The molecule has 0 saturated carbocycles. The van der Waals surface area contributed by atoms with Gasteiger partial charge in [0.05, 0.1) is 0 Å². The summed E-state index contributed by atoms with van der Waals surface area (Å²) in [5, 5.41) is 13.6. The van der Waals surface area contributed by atoms with Crippen molar-refractivity contribution in [2.75, 3.05) is 13.1 Å². The number of rotatable bonds is 1. The number of aliphatic hydroxyl groups is 1. The molecule has 2 N–H and O–H groups in total. The summed E-state index contributed by atoms with van der Waals surface area (Å²) in [6.07, 6.45) is 0.817. The first kappa shape index (κ1) is 12.5. The van der Waals surface area contributed by atoms with Gasteiger partial charge < -0.3 is 10.4 Å². The van der Waals surface area contributed by atoms with Crippen molar-refractivity contribution in [3.8, 4) is 0 Å². The van der Waals surface area contributed by atoms with E-state index < -0.39 is 5.60 Å². The summed E-state index contributed by atoms with van der Waals surface area (Å²) >= 11 is 0. The highest BCUT2D eigenvalue weighted by Gasteiger charge is 2.33. The molecule has 1 aliphatic rings.